The van der Waals surface area contributed by atoms with Crippen LogP contribution in [0, 0.1) is 6.92 Å². The second kappa shape index (κ2) is 9.84. The van der Waals surface area contributed by atoms with Gasteiger partial charge in [-0.05, 0) is 56.7 Å². The Morgan fingerprint density at radius 1 is 1.22 bits per heavy atom. The van der Waals surface area contributed by atoms with Gasteiger partial charge < -0.3 is 20.5 Å². The van der Waals surface area contributed by atoms with Gasteiger partial charge in [0, 0.05) is 11.2 Å². The van der Waals surface area contributed by atoms with Crippen molar-refractivity contribution in [2.24, 2.45) is 5.73 Å². The van der Waals surface area contributed by atoms with Crippen molar-refractivity contribution in [3.63, 3.8) is 0 Å². The van der Waals surface area contributed by atoms with Gasteiger partial charge >= 0.3 is 5.97 Å². The minimum absolute atomic E-state index is 0.0321. The minimum Gasteiger partial charge on any atom is -0.471 e. The van der Waals surface area contributed by atoms with Crippen molar-refractivity contribution >= 4 is 45.7 Å². The summed E-state index contributed by atoms with van der Waals surface area (Å²) < 4.78 is 12.2. The van der Waals surface area contributed by atoms with E-state index in [1.165, 1.54) is 16.9 Å². The Hall–Kier alpha value is -3.37. The smallest absolute Gasteiger partial charge is 0.341 e. The van der Waals surface area contributed by atoms with Crippen LogP contribution in [0.15, 0.2) is 36.5 Å². The number of hydrogen-bond donors (Lipinski definition) is 2. The number of aromatic nitrogens is 2. The van der Waals surface area contributed by atoms with Crippen LogP contribution in [-0.2, 0) is 11.5 Å². The van der Waals surface area contributed by atoms with Gasteiger partial charge in [0.25, 0.3) is 11.8 Å². The number of rotatable bonds is 8. The standard InChI is InChI=1S/C21H21ClN4O5S/c1-11(2)31-21(29)16-12(3)17(18(23)27)32-20(16)25-19(28)15-8-9-24-26(15)10-30-14-6-4-13(22)5-7-14/h4-9,11H,10H2,1-3H3,(H2,23,27)(H,25,28). The lowest BCUT2D eigenvalue weighted by Crippen LogP contribution is -2.21. The Bertz CT molecular complexity index is 1150. The van der Waals surface area contributed by atoms with Gasteiger partial charge in [-0.25, -0.2) is 9.48 Å². The predicted molar refractivity (Wildman–Crippen MR) is 120 cm³/mol. The molecule has 0 aliphatic rings. The van der Waals surface area contributed by atoms with Crippen LogP contribution in [0.4, 0.5) is 5.00 Å². The highest BCUT2D eigenvalue weighted by molar-refractivity contribution is 7.18. The molecule has 3 aromatic rings. The topological polar surface area (TPSA) is 126 Å². The molecule has 11 heteroatoms. The molecule has 0 fully saturated rings. The number of esters is 1. The third-order valence-corrected chi connectivity index (χ3v) is 5.73. The lowest BCUT2D eigenvalue weighted by Gasteiger charge is -2.12. The summed E-state index contributed by atoms with van der Waals surface area (Å²) in [6, 6.07) is 8.25. The molecule has 9 nitrogen and oxygen atoms in total. The molecule has 2 heterocycles. The van der Waals surface area contributed by atoms with Crippen LogP contribution in [0.25, 0.3) is 0 Å². The SMILES string of the molecule is Cc1c(C(N)=O)sc(NC(=O)c2ccnn2COc2ccc(Cl)cc2)c1C(=O)OC(C)C. The van der Waals surface area contributed by atoms with Crippen LogP contribution in [0.3, 0.4) is 0 Å². The second-order valence-electron chi connectivity index (χ2n) is 6.98. The van der Waals surface area contributed by atoms with Gasteiger partial charge in [0.1, 0.15) is 16.4 Å². The summed E-state index contributed by atoms with van der Waals surface area (Å²) in [5, 5.41) is 7.51. The van der Waals surface area contributed by atoms with Gasteiger partial charge in [-0.15, -0.1) is 11.3 Å². The summed E-state index contributed by atoms with van der Waals surface area (Å²) >= 11 is 6.78. The molecular formula is C21H21ClN4O5S. The molecule has 2 aromatic heterocycles. The maximum absolute atomic E-state index is 12.9. The first kappa shape index (κ1) is 23.3. The highest BCUT2D eigenvalue weighted by atomic mass is 35.5. The van der Waals surface area contributed by atoms with Crippen molar-refractivity contribution in [1.82, 2.24) is 9.78 Å². The highest BCUT2D eigenvalue weighted by Crippen LogP contribution is 2.34. The lowest BCUT2D eigenvalue weighted by molar-refractivity contribution is 0.0379. The van der Waals surface area contributed by atoms with Crippen LogP contribution in [0.1, 0.15) is 49.9 Å². The lowest BCUT2D eigenvalue weighted by atomic mass is 10.1. The van der Waals surface area contributed by atoms with E-state index in [-0.39, 0.29) is 34.0 Å². The van der Waals surface area contributed by atoms with E-state index in [0.717, 1.165) is 11.3 Å². The number of carbonyl (C=O) groups is 3. The zero-order valence-electron chi connectivity index (χ0n) is 17.5. The number of anilines is 1. The summed E-state index contributed by atoms with van der Waals surface area (Å²) in [5.74, 6) is -1.35. The molecule has 3 N–H and O–H groups in total. The highest BCUT2D eigenvalue weighted by Gasteiger charge is 2.27. The predicted octanol–water partition coefficient (Wildman–Crippen LogP) is 3.86. The van der Waals surface area contributed by atoms with Crippen molar-refractivity contribution in [2.45, 2.75) is 33.6 Å². The average molecular weight is 477 g/mol. The van der Waals surface area contributed by atoms with E-state index in [1.807, 2.05) is 0 Å². The van der Waals surface area contributed by atoms with E-state index >= 15 is 0 Å². The molecule has 0 radical (unpaired) electrons. The first-order chi connectivity index (χ1) is 15.2. The van der Waals surface area contributed by atoms with Gasteiger partial charge in [-0.3, -0.25) is 9.59 Å². The van der Waals surface area contributed by atoms with Crippen LogP contribution in [-0.4, -0.2) is 33.7 Å². The molecular weight excluding hydrogens is 456 g/mol. The summed E-state index contributed by atoms with van der Waals surface area (Å²) in [4.78, 5) is 37.5. The number of benzene rings is 1. The van der Waals surface area contributed by atoms with E-state index < -0.39 is 17.8 Å². The minimum atomic E-state index is -0.701. The number of thiophene rings is 1. The third-order valence-electron chi connectivity index (χ3n) is 4.26. The Labute approximate surface area is 193 Å². The van der Waals surface area contributed by atoms with Crippen molar-refractivity contribution in [1.29, 1.82) is 0 Å². The molecule has 0 bridgehead atoms. The number of ether oxygens (including phenoxy) is 2. The average Bonchev–Trinajstić information content (AvgIpc) is 3.31. The Morgan fingerprint density at radius 3 is 2.53 bits per heavy atom. The summed E-state index contributed by atoms with van der Waals surface area (Å²) in [5.41, 5.74) is 6.05. The number of nitrogens with one attached hydrogen (secondary N) is 1. The van der Waals surface area contributed by atoms with E-state index in [9.17, 15) is 14.4 Å². The quantitative estimate of drug-likeness (QED) is 0.475. The molecule has 1 aromatic carbocycles. The summed E-state index contributed by atoms with van der Waals surface area (Å²) in [6.07, 6.45) is 1.07. The fourth-order valence-electron chi connectivity index (χ4n) is 2.82. The van der Waals surface area contributed by atoms with Crippen molar-refractivity contribution in [2.75, 3.05) is 5.32 Å². The summed E-state index contributed by atoms with van der Waals surface area (Å²) in [7, 11) is 0. The Morgan fingerprint density at radius 2 is 1.91 bits per heavy atom. The van der Waals surface area contributed by atoms with Crippen LogP contribution >= 0.6 is 22.9 Å². The van der Waals surface area contributed by atoms with Gasteiger partial charge in [-0.2, -0.15) is 5.10 Å². The first-order valence-electron chi connectivity index (χ1n) is 9.53. The number of nitrogens with two attached hydrogens (primary N) is 1. The molecule has 0 saturated heterocycles. The van der Waals surface area contributed by atoms with Crippen LogP contribution < -0.4 is 15.8 Å². The van der Waals surface area contributed by atoms with E-state index in [0.29, 0.717) is 16.3 Å². The van der Waals surface area contributed by atoms with Gasteiger partial charge in [0.05, 0.1) is 16.5 Å². The normalized spacial score (nSPS) is 10.8. The molecule has 0 unspecified atom stereocenters. The first-order valence-corrected chi connectivity index (χ1v) is 10.7. The van der Waals surface area contributed by atoms with E-state index in [4.69, 9.17) is 26.8 Å². The molecule has 0 aliphatic heterocycles. The Balaban J connectivity index is 1.82. The zero-order valence-corrected chi connectivity index (χ0v) is 19.1. The molecule has 3 rings (SSSR count). The number of amides is 2. The van der Waals surface area contributed by atoms with E-state index in [1.54, 1.807) is 45.0 Å². The third kappa shape index (κ3) is 5.27. The maximum atomic E-state index is 12.9. The van der Waals surface area contributed by atoms with Gasteiger partial charge in [0.2, 0.25) is 0 Å². The molecule has 2 amide bonds. The van der Waals surface area contributed by atoms with Gasteiger partial charge in [0.15, 0.2) is 6.73 Å². The Kier molecular flexibility index (Phi) is 7.16. The molecule has 0 saturated carbocycles. The van der Waals surface area contributed by atoms with Crippen molar-refractivity contribution < 1.29 is 23.9 Å². The maximum Gasteiger partial charge on any atom is 0.341 e. The fraction of sp³-hybridized carbons (Fsp3) is 0.238. The number of nitrogens with zero attached hydrogens (tertiary/aromatic N) is 2. The van der Waals surface area contributed by atoms with Crippen LogP contribution in [0.2, 0.25) is 5.02 Å². The molecule has 0 aliphatic carbocycles. The second-order valence-corrected chi connectivity index (χ2v) is 8.43. The van der Waals surface area contributed by atoms with E-state index in [2.05, 4.69) is 10.4 Å². The molecule has 168 valence electrons. The van der Waals surface area contributed by atoms with Crippen molar-refractivity contribution in [3.05, 3.63) is 63.2 Å². The number of hydrogen-bond acceptors (Lipinski definition) is 7. The number of halogens is 1. The monoisotopic (exact) mass is 476 g/mol. The zero-order chi connectivity index (χ0) is 23.4. The summed E-state index contributed by atoms with van der Waals surface area (Å²) in [6.45, 7) is 4.95. The van der Waals surface area contributed by atoms with Crippen LogP contribution in [0.5, 0.6) is 5.75 Å². The van der Waals surface area contributed by atoms with Crippen molar-refractivity contribution in [3.8, 4) is 5.75 Å². The number of carbonyl (C=O) groups excluding carboxylic acids is 3. The van der Waals surface area contributed by atoms with Gasteiger partial charge in [-0.1, -0.05) is 11.6 Å². The molecule has 32 heavy (non-hydrogen) atoms. The molecule has 0 spiro atoms. The molecule has 0 atom stereocenters. The number of primary amides is 1. The fourth-order valence-corrected chi connectivity index (χ4v) is 3.99. The largest absolute Gasteiger partial charge is 0.471 e.